The van der Waals surface area contributed by atoms with E-state index in [1.54, 1.807) is 24.5 Å². The van der Waals surface area contributed by atoms with Gasteiger partial charge in [0.05, 0.1) is 30.9 Å². The highest BCUT2D eigenvalue weighted by molar-refractivity contribution is 5.79. The standard InChI is InChI=1S/C22H23FN2O2/c1-27-19-9-5-8-18(20(19)23)22-21(15-6-3-2-4-7-15)24-14-25(22)16-10-12-17(26)13-11-16/h2-9,14,16-17,26H,10-13H2,1H3. The number of rotatable bonds is 4. The van der Waals surface area contributed by atoms with E-state index in [1.807, 2.05) is 30.3 Å². The predicted octanol–water partition coefficient (Wildman–Crippen LogP) is 4.84. The van der Waals surface area contributed by atoms with Crippen LogP contribution in [0.15, 0.2) is 54.9 Å². The molecule has 0 saturated heterocycles. The van der Waals surface area contributed by atoms with Crippen molar-refractivity contribution in [3.63, 3.8) is 0 Å². The molecule has 0 radical (unpaired) electrons. The molecular weight excluding hydrogens is 343 g/mol. The van der Waals surface area contributed by atoms with Crippen molar-refractivity contribution in [2.24, 2.45) is 0 Å². The van der Waals surface area contributed by atoms with Gasteiger partial charge in [-0.3, -0.25) is 0 Å². The van der Waals surface area contributed by atoms with Gasteiger partial charge in [-0.25, -0.2) is 9.37 Å². The Labute approximate surface area is 158 Å². The number of benzene rings is 2. The van der Waals surface area contributed by atoms with E-state index in [9.17, 15) is 5.11 Å². The van der Waals surface area contributed by atoms with Gasteiger partial charge in [0.2, 0.25) is 0 Å². The Kier molecular flexibility index (Phi) is 4.94. The van der Waals surface area contributed by atoms with Crippen molar-refractivity contribution in [1.82, 2.24) is 9.55 Å². The Bertz CT molecular complexity index is 915. The van der Waals surface area contributed by atoms with E-state index in [-0.39, 0.29) is 23.7 Å². The van der Waals surface area contributed by atoms with Crippen molar-refractivity contribution in [2.75, 3.05) is 7.11 Å². The van der Waals surface area contributed by atoms with Gasteiger partial charge >= 0.3 is 0 Å². The van der Waals surface area contributed by atoms with Gasteiger partial charge in [-0.2, -0.15) is 0 Å². The van der Waals surface area contributed by atoms with Crippen LogP contribution in [-0.2, 0) is 0 Å². The molecule has 0 aliphatic heterocycles. The van der Waals surface area contributed by atoms with E-state index in [2.05, 4.69) is 9.55 Å². The average molecular weight is 366 g/mol. The summed E-state index contributed by atoms with van der Waals surface area (Å²) in [5.41, 5.74) is 2.95. The molecule has 1 heterocycles. The SMILES string of the molecule is COc1cccc(-c2c(-c3ccccc3)ncn2C2CCC(O)CC2)c1F. The second-order valence-corrected chi connectivity index (χ2v) is 7.00. The number of methoxy groups -OCH3 is 1. The molecule has 0 bridgehead atoms. The summed E-state index contributed by atoms with van der Waals surface area (Å²) in [6, 6.07) is 15.2. The van der Waals surface area contributed by atoms with E-state index in [1.165, 1.54) is 7.11 Å². The first kappa shape index (κ1) is 17.7. The van der Waals surface area contributed by atoms with Gasteiger partial charge in [-0.15, -0.1) is 0 Å². The maximum Gasteiger partial charge on any atom is 0.174 e. The molecule has 0 unspecified atom stereocenters. The van der Waals surface area contributed by atoms with Gasteiger partial charge in [-0.05, 0) is 37.8 Å². The molecule has 1 aromatic heterocycles. The Morgan fingerprint density at radius 3 is 2.48 bits per heavy atom. The van der Waals surface area contributed by atoms with E-state index < -0.39 is 0 Å². The highest BCUT2D eigenvalue weighted by Crippen LogP contribution is 2.40. The van der Waals surface area contributed by atoms with Crippen LogP contribution in [0.1, 0.15) is 31.7 Å². The summed E-state index contributed by atoms with van der Waals surface area (Å²) in [5, 5.41) is 9.85. The molecule has 0 amide bonds. The number of hydrogen-bond acceptors (Lipinski definition) is 3. The third-order valence-corrected chi connectivity index (χ3v) is 5.34. The summed E-state index contributed by atoms with van der Waals surface area (Å²) in [5.74, 6) is -0.159. The van der Waals surface area contributed by atoms with E-state index in [0.29, 0.717) is 5.56 Å². The van der Waals surface area contributed by atoms with E-state index >= 15 is 4.39 Å². The Morgan fingerprint density at radius 2 is 1.78 bits per heavy atom. The molecule has 0 spiro atoms. The molecule has 1 aliphatic rings. The molecule has 140 valence electrons. The number of ether oxygens (including phenoxy) is 1. The number of hydrogen-bond donors (Lipinski definition) is 1. The maximum absolute atomic E-state index is 15.1. The third kappa shape index (κ3) is 3.35. The third-order valence-electron chi connectivity index (χ3n) is 5.34. The van der Waals surface area contributed by atoms with Crippen LogP contribution in [0.5, 0.6) is 5.75 Å². The van der Waals surface area contributed by atoms with Crippen molar-refractivity contribution >= 4 is 0 Å². The Morgan fingerprint density at radius 1 is 1.04 bits per heavy atom. The minimum Gasteiger partial charge on any atom is -0.494 e. The molecule has 4 nitrogen and oxygen atoms in total. The number of imidazole rings is 1. The predicted molar refractivity (Wildman–Crippen MR) is 103 cm³/mol. The van der Waals surface area contributed by atoms with Gasteiger partial charge in [-0.1, -0.05) is 36.4 Å². The monoisotopic (exact) mass is 366 g/mol. The molecule has 27 heavy (non-hydrogen) atoms. The number of aliphatic hydroxyl groups is 1. The van der Waals surface area contributed by atoms with Crippen LogP contribution < -0.4 is 4.74 Å². The molecule has 0 atom stereocenters. The van der Waals surface area contributed by atoms with Crippen LogP contribution in [0.4, 0.5) is 4.39 Å². The highest BCUT2D eigenvalue weighted by atomic mass is 19.1. The van der Waals surface area contributed by atoms with Crippen molar-refractivity contribution in [1.29, 1.82) is 0 Å². The van der Waals surface area contributed by atoms with Gasteiger partial charge in [0.25, 0.3) is 0 Å². The molecule has 1 fully saturated rings. The zero-order valence-corrected chi connectivity index (χ0v) is 15.3. The average Bonchev–Trinajstić information content (AvgIpc) is 3.14. The molecular formula is C22H23FN2O2. The Balaban J connectivity index is 1.88. The molecule has 1 N–H and O–H groups in total. The van der Waals surface area contributed by atoms with Crippen molar-refractivity contribution in [3.8, 4) is 28.3 Å². The second kappa shape index (κ2) is 7.53. The smallest absolute Gasteiger partial charge is 0.174 e. The van der Waals surface area contributed by atoms with E-state index in [0.717, 1.165) is 42.6 Å². The van der Waals surface area contributed by atoms with Crippen LogP contribution in [0.3, 0.4) is 0 Å². The lowest BCUT2D eigenvalue weighted by Crippen LogP contribution is -2.21. The van der Waals surface area contributed by atoms with E-state index in [4.69, 9.17) is 4.74 Å². The summed E-state index contributed by atoms with van der Waals surface area (Å²) in [4.78, 5) is 4.65. The summed E-state index contributed by atoms with van der Waals surface area (Å²) < 4.78 is 22.4. The lowest BCUT2D eigenvalue weighted by molar-refractivity contribution is 0.111. The van der Waals surface area contributed by atoms with Crippen molar-refractivity contribution in [2.45, 2.75) is 37.8 Å². The largest absolute Gasteiger partial charge is 0.494 e. The number of nitrogens with zero attached hydrogens (tertiary/aromatic N) is 2. The number of halogens is 1. The van der Waals surface area contributed by atoms with Crippen LogP contribution in [-0.4, -0.2) is 27.9 Å². The van der Waals surface area contributed by atoms with Gasteiger partial charge in [0, 0.05) is 17.2 Å². The normalized spacial score (nSPS) is 19.8. The molecule has 3 aromatic rings. The van der Waals surface area contributed by atoms with Crippen molar-refractivity contribution in [3.05, 3.63) is 60.7 Å². The first-order chi connectivity index (χ1) is 13.2. The minimum absolute atomic E-state index is 0.193. The fourth-order valence-corrected chi connectivity index (χ4v) is 3.90. The topological polar surface area (TPSA) is 47.3 Å². The summed E-state index contributed by atoms with van der Waals surface area (Å²) in [7, 11) is 1.47. The summed E-state index contributed by atoms with van der Waals surface area (Å²) in [6.45, 7) is 0. The van der Waals surface area contributed by atoms with Crippen LogP contribution in [0.2, 0.25) is 0 Å². The van der Waals surface area contributed by atoms with Gasteiger partial charge in [0.15, 0.2) is 11.6 Å². The van der Waals surface area contributed by atoms with Gasteiger partial charge < -0.3 is 14.4 Å². The van der Waals surface area contributed by atoms with Crippen LogP contribution in [0.25, 0.3) is 22.5 Å². The quantitative estimate of drug-likeness (QED) is 0.719. The minimum atomic E-state index is -0.380. The second-order valence-electron chi connectivity index (χ2n) is 7.00. The maximum atomic E-state index is 15.1. The van der Waals surface area contributed by atoms with Crippen LogP contribution in [0, 0.1) is 5.82 Å². The Hall–Kier alpha value is -2.66. The first-order valence-corrected chi connectivity index (χ1v) is 9.32. The fourth-order valence-electron chi connectivity index (χ4n) is 3.90. The molecule has 2 aromatic carbocycles. The summed E-state index contributed by atoms with van der Waals surface area (Å²) in [6.07, 6.45) is 4.77. The first-order valence-electron chi connectivity index (χ1n) is 9.32. The summed E-state index contributed by atoms with van der Waals surface area (Å²) >= 11 is 0. The highest BCUT2D eigenvalue weighted by Gasteiger charge is 2.27. The lowest BCUT2D eigenvalue weighted by atomic mass is 9.92. The molecule has 1 saturated carbocycles. The molecule has 5 heteroatoms. The van der Waals surface area contributed by atoms with Crippen LogP contribution >= 0.6 is 0 Å². The number of aromatic nitrogens is 2. The molecule has 4 rings (SSSR count). The zero-order chi connectivity index (χ0) is 18.8. The van der Waals surface area contributed by atoms with Crippen molar-refractivity contribution < 1.29 is 14.2 Å². The van der Waals surface area contributed by atoms with Gasteiger partial charge in [0.1, 0.15) is 0 Å². The molecule has 1 aliphatic carbocycles. The lowest BCUT2D eigenvalue weighted by Gasteiger charge is -2.28. The number of aliphatic hydroxyl groups excluding tert-OH is 1. The zero-order valence-electron chi connectivity index (χ0n) is 15.3. The fraction of sp³-hybridized carbons (Fsp3) is 0.318.